The van der Waals surface area contributed by atoms with E-state index in [0.29, 0.717) is 13.2 Å². The monoisotopic (exact) mass is 264 g/mol. The molecule has 0 aromatic heterocycles. The molecule has 19 heavy (non-hydrogen) atoms. The predicted molar refractivity (Wildman–Crippen MR) is 76.0 cm³/mol. The van der Waals surface area contributed by atoms with Crippen LogP contribution in [0.1, 0.15) is 5.56 Å². The molecule has 1 aliphatic heterocycles. The van der Waals surface area contributed by atoms with Crippen LogP contribution in [-0.2, 0) is 11.3 Å². The number of aliphatic hydroxyl groups is 1. The van der Waals surface area contributed by atoms with Gasteiger partial charge in [-0.3, -0.25) is 9.80 Å². The minimum absolute atomic E-state index is 0.370. The summed E-state index contributed by atoms with van der Waals surface area (Å²) in [6.07, 6.45) is -0.370. The SMILES string of the molecule is COC[C@H](O)CN1CCN(Cc2ccccc2)CC1. The number of benzene rings is 1. The third-order valence-electron chi connectivity index (χ3n) is 3.54. The van der Waals surface area contributed by atoms with E-state index in [2.05, 4.69) is 40.1 Å². The Balaban J connectivity index is 1.70. The Morgan fingerprint density at radius 3 is 2.37 bits per heavy atom. The first-order valence-electron chi connectivity index (χ1n) is 6.93. The summed E-state index contributed by atoms with van der Waals surface area (Å²) in [5, 5.41) is 9.72. The average molecular weight is 264 g/mol. The maximum Gasteiger partial charge on any atom is 0.0900 e. The van der Waals surface area contributed by atoms with E-state index in [-0.39, 0.29) is 6.10 Å². The lowest BCUT2D eigenvalue weighted by molar-refractivity contribution is 0.0230. The number of ether oxygens (including phenoxy) is 1. The number of methoxy groups -OCH3 is 1. The van der Waals surface area contributed by atoms with Crippen molar-refractivity contribution in [1.29, 1.82) is 0 Å². The van der Waals surface area contributed by atoms with Crippen molar-refractivity contribution < 1.29 is 9.84 Å². The highest BCUT2D eigenvalue weighted by atomic mass is 16.5. The molecule has 1 aromatic rings. The molecule has 0 amide bonds. The fourth-order valence-corrected chi connectivity index (χ4v) is 2.51. The second-order valence-corrected chi connectivity index (χ2v) is 5.17. The maximum atomic E-state index is 9.72. The molecule has 1 aliphatic rings. The fraction of sp³-hybridized carbons (Fsp3) is 0.600. The van der Waals surface area contributed by atoms with Gasteiger partial charge in [0.05, 0.1) is 12.7 Å². The molecule has 1 heterocycles. The van der Waals surface area contributed by atoms with Crippen molar-refractivity contribution in [2.24, 2.45) is 0 Å². The van der Waals surface area contributed by atoms with Gasteiger partial charge in [0, 0.05) is 46.4 Å². The third kappa shape index (κ3) is 4.91. The Morgan fingerprint density at radius 2 is 1.74 bits per heavy atom. The van der Waals surface area contributed by atoms with Gasteiger partial charge < -0.3 is 9.84 Å². The molecule has 0 unspecified atom stereocenters. The van der Waals surface area contributed by atoms with Crippen molar-refractivity contribution in [3.05, 3.63) is 35.9 Å². The molecule has 1 fully saturated rings. The van der Waals surface area contributed by atoms with Crippen molar-refractivity contribution in [1.82, 2.24) is 9.80 Å². The molecule has 106 valence electrons. The minimum Gasteiger partial charge on any atom is -0.389 e. The summed E-state index contributed by atoms with van der Waals surface area (Å²) in [5.74, 6) is 0. The van der Waals surface area contributed by atoms with Crippen molar-refractivity contribution in [3.63, 3.8) is 0 Å². The first-order valence-corrected chi connectivity index (χ1v) is 6.93. The Labute approximate surface area is 115 Å². The number of hydrogen-bond acceptors (Lipinski definition) is 4. The topological polar surface area (TPSA) is 35.9 Å². The van der Waals surface area contributed by atoms with Gasteiger partial charge in [0.25, 0.3) is 0 Å². The quantitative estimate of drug-likeness (QED) is 0.825. The Bertz CT molecular complexity index is 350. The molecule has 2 rings (SSSR count). The van der Waals surface area contributed by atoms with Crippen molar-refractivity contribution in [2.75, 3.05) is 46.4 Å². The van der Waals surface area contributed by atoms with E-state index in [1.165, 1.54) is 5.56 Å². The van der Waals surface area contributed by atoms with E-state index < -0.39 is 0 Å². The van der Waals surface area contributed by atoms with Crippen LogP contribution in [-0.4, -0.2) is 67.5 Å². The van der Waals surface area contributed by atoms with E-state index >= 15 is 0 Å². The lowest BCUT2D eigenvalue weighted by Gasteiger charge is -2.35. The highest BCUT2D eigenvalue weighted by Crippen LogP contribution is 2.08. The zero-order valence-electron chi connectivity index (χ0n) is 11.7. The number of nitrogens with zero attached hydrogens (tertiary/aromatic N) is 2. The molecule has 0 spiro atoms. The van der Waals surface area contributed by atoms with Gasteiger partial charge in [-0.2, -0.15) is 0 Å². The summed E-state index contributed by atoms with van der Waals surface area (Å²) in [4.78, 5) is 4.78. The molecule has 0 radical (unpaired) electrons. The van der Waals surface area contributed by atoms with Crippen LogP contribution in [0.4, 0.5) is 0 Å². The summed E-state index contributed by atoms with van der Waals surface area (Å²) >= 11 is 0. The van der Waals surface area contributed by atoms with Crippen LogP contribution in [0.15, 0.2) is 30.3 Å². The van der Waals surface area contributed by atoms with Crippen LogP contribution in [0.5, 0.6) is 0 Å². The first kappa shape index (κ1) is 14.5. The van der Waals surface area contributed by atoms with Gasteiger partial charge in [-0.25, -0.2) is 0 Å². The van der Waals surface area contributed by atoms with E-state index in [1.807, 2.05) is 0 Å². The second kappa shape index (κ2) is 7.60. The zero-order valence-corrected chi connectivity index (χ0v) is 11.7. The van der Waals surface area contributed by atoms with Crippen LogP contribution in [0.25, 0.3) is 0 Å². The van der Waals surface area contributed by atoms with Crippen LogP contribution in [0.2, 0.25) is 0 Å². The van der Waals surface area contributed by atoms with Gasteiger partial charge in [-0.15, -0.1) is 0 Å². The molecule has 4 nitrogen and oxygen atoms in total. The highest BCUT2D eigenvalue weighted by molar-refractivity contribution is 5.14. The summed E-state index contributed by atoms with van der Waals surface area (Å²) < 4.78 is 4.96. The Kier molecular flexibility index (Phi) is 5.79. The van der Waals surface area contributed by atoms with Gasteiger partial charge in [0.2, 0.25) is 0 Å². The smallest absolute Gasteiger partial charge is 0.0900 e. The van der Waals surface area contributed by atoms with Crippen LogP contribution < -0.4 is 0 Å². The maximum absolute atomic E-state index is 9.72. The molecule has 1 aromatic carbocycles. The van der Waals surface area contributed by atoms with E-state index in [4.69, 9.17) is 4.74 Å². The third-order valence-corrected chi connectivity index (χ3v) is 3.54. The highest BCUT2D eigenvalue weighted by Gasteiger charge is 2.18. The normalized spacial score (nSPS) is 19.5. The second-order valence-electron chi connectivity index (χ2n) is 5.17. The lowest BCUT2D eigenvalue weighted by Crippen LogP contribution is -2.48. The van der Waals surface area contributed by atoms with Crippen molar-refractivity contribution in [2.45, 2.75) is 12.6 Å². The standard InChI is InChI=1S/C15H24N2O2/c1-19-13-15(18)12-17-9-7-16(8-10-17)11-14-5-3-2-4-6-14/h2-6,15,18H,7-13H2,1H3/t15-/m1/s1. The lowest BCUT2D eigenvalue weighted by atomic mass is 10.2. The fourth-order valence-electron chi connectivity index (χ4n) is 2.51. The van der Waals surface area contributed by atoms with Crippen LogP contribution in [0.3, 0.4) is 0 Å². The average Bonchev–Trinajstić information content (AvgIpc) is 2.42. The largest absolute Gasteiger partial charge is 0.389 e. The summed E-state index contributed by atoms with van der Waals surface area (Å²) in [5.41, 5.74) is 1.37. The van der Waals surface area contributed by atoms with Gasteiger partial charge >= 0.3 is 0 Å². The molecule has 0 bridgehead atoms. The zero-order chi connectivity index (χ0) is 13.5. The minimum atomic E-state index is -0.370. The van der Waals surface area contributed by atoms with E-state index in [9.17, 15) is 5.11 Å². The van der Waals surface area contributed by atoms with Gasteiger partial charge in [0.15, 0.2) is 0 Å². The first-order chi connectivity index (χ1) is 9.28. The van der Waals surface area contributed by atoms with E-state index in [1.54, 1.807) is 7.11 Å². The summed E-state index contributed by atoms with van der Waals surface area (Å²) in [6.45, 7) is 6.33. The van der Waals surface area contributed by atoms with Crippen molar-refractivity contribution >= 4 is 0 Å². The number of rotatable bonds is 6. The Morgan fingerprint density at radius 1 is 1.11 bits per heavy atom. The molecular weight excluding hydrogens is 240 g/mol. The molecule has 1 N–H and O–H groups in total. The summed E-state index contributed by atoms with van der Waals surface area (Å²) in [6, 6.07) is 10.6. The van der Waals surface area contributed by atoms with Gasteiger partial charge in [-0.05, 0) is 5.56 Å². The molecule has 1 saturated heterocycles. The van der Waals surface area contributed by atoms with Crippen molar-refractivity contribution in [3.8, 4) is 0 Å². The predicted octanol–water partition coefficient (Wildman–Crippen LogP) is 0.811. The van der Waals surface area contributed by atoms with Gasteiger partial charge in [0.1, 0.15) is 0 Å². The van der Waals surface area contributed by atoms with Crippen LogP contribution in [0, 0.1) is 0 Å². The molecular formula is C15H24N2O2. The number of β-amino-alcohol motifs (C(OH)–C–C–N with tert-alkyl or cyclic N) is 1. The molecule has 0 saturated carbocycles. The number of piperazine rings is 1. The number of hydrogen-bond donors (Lipinski definition) is 1. The molecule has 0 aliphatic carbocycles. The van der Waals surface area contributed by atoms with Gasteiger partial charge in [-0.1, -0.05) is 30.3 Å². The summed E-state index contributed by atoms with van der Waals surface area (Å²) in [7, 11) is 1.63. The molecule has 1 atom stereocenters. The van der Waals surface area contributed by atoms with E-state index in [0.717, 1.165) is 32.7 Å². The number of aliphatic hydroxyl groups excluding tert-OH is 1. The van der Waals surface area contributed by atoms with Crippen LogP contribution >= 0.6 is 0 Å². The molecule has 4 heteroatoms. The Hall–Kier alpha value is -0.940.